The number of benzene rings is 3. The largest absolute Gasteiger partial charge is 0.492 e. The van der Waals surface area contributed by atoms with E-state index in [2.05, 4.69) is 9.88 Å². The topological polar surface area (TPSA) is 68.0 Å². The van der Waals surface area contributed by atoms with Crippen molar-refractivity contribution >= 4 is 11.1 Å². The van der Waals surface area contributed by atoms with Crippen molar-refractivity contribution in [2.24, 2.45) is 0 Å². The molecule has 0 radical (unpaired) electrons. The number of rotatable bonds is 7. The molecule has 1 aliphatic rings. The fourth-order valence-electron chi connectivity index (χ4n) is 4.08. The molecule has 164 valence electrons. The minimum Gasteiger partial charge on any atom is -0.492 e. The lowest BCUT2D eigenvalue weighted by Gasteiger charge is -2.38. The zero-order valence-corrected chi connectivity index (χ0v) is 17.8. The standard InChI is InChI=1S/C26H26N2O4/c29-26(20-6-2-1-3-7-20)14-16-28(17-15-26)18-19-30-21-10-12-22(13-11-21)31-25-27-23-8-4-5-9-24(23)32-25/h1-13,29H,14-19H2. The number of aliphatic hydroxyl groups is 1. The van der Waals surface area contributed by atoms with Gasteiger partial charge in [0.2, 0.25) is 0 Å². The quantitative estimate of drug-likeness (QED) is 0.446. The summed E-state index contributed by atoms with van der Waals surface area (Å²) >= 11 is 0. The van der Waals surface area contributed by atoms with Crippen LogP contribution < -0.4 is 9.47 Å². The van der Waals surface area contributed by atoms with Crippen molar-refractivity contribution in [2.75, 3.05) is 26.2 Å². The Morgan fingerprint density at radius 1 is 0.875 bits per heavy atom. The molecule has 0 bridgehead atoms. The third-order valence-corrected chi connectivity index (χ3v) is 5.97. The molecule has 32 heavy (non-hydrogen) atoms. The lowest BCUT2D eigenvalue weighted by molar-refractivity contribution is -0.0278. The second kappa shape index (κ2) is 9.02. The first-order chi connectivity index (χ1) is 15.7. The maximum atomic E-state index is 11.0. The lowest BCUT2D eigenvalue weighted by Crippen LogP contribution is -2.43. The third-order valence-electron chi connectivity index (χ3n) is 5.97. The van der Waals surface area contributed by atoms with Gasteiger partial charge in [-0.3, -0.25) is 4.90 Å². The highest BCUT2D eigenvalue weighted by Crippen LogP contribution is 2.32. The van der Waals surface area contributed by atoms with Gasteiger partial charge in [0.15, 0.2) is 5.58 Å². The average molecular weight is 431 g/mol. The molecule has 0 saturated carbocycles. The molecule has 1 N–H and O–H groups in total. The van der Waals surface area contributed by atoms with Gasteiger partial charge < -0.3 is 19.0 Å². The normalized spacial score (nSPS) is 16.2. The van der Waals surface area contributed by atoms with Crippen molar-refractivity contribution in [3.63, 3.8) is 0 Å². The Labute approximate surface area is 187 Å². The fourth-order valence-corrected chi connectivity index (χ4v) is 4.08. The molecule has 6 heteroatoms. The Kier molecular flexibility index (Phi) is 5.79. The van der Waals surface area contributed by atoms with E-state index in [-0.39, 0.29) is 6.08 Å². The van der Waals surface area contributed by atoms with Crippen LogP contribution in [0.2, 0.25) is 0 Å². The van der Waals surface area contributed by atoms with Gasteiger partial charge in [0.05, 0.1) is 5.60 Å². The average Bonchev–Trinajstić information content (AvgIpc) is 3.24. The van der Waals surface area contributed by atoms with Crippen LogP contribution in [0.15, 0.2) is 83.3 Å². The summed E-state index contributed by atoms with van der Waals surface area (Å²) in [5, 5.41) is 11.0. The minimum absolute atomic E-state index is 0.223. The predicted molar refractivity (Wildman–Crippen MR) is 122 cm³/mol. The van der Waals surface area contributed by atoms with Crippen molar-refractivity contribution in [1.82, 2.24) is 9.88 Å². The van der Waals surface area contributed by atoms with Gasteiger partial charge in [-0.25, -0.2) is 0 Å². The molecule has 1 fully saturated rings. The molecule has 6 nitrogen and oxygen atoms in total. The van der Waals surface area contributed by atoms with E-state index in [4.69, 9.17) is 13.9 Å². The van der Waals surface area contributed by atoms with Crippen LogP contribution in [0.1, 0.15) is 18.4 Å². The van der Waals surface area contributed by atoms with Gasteiger partial charge in [-0.15, -0.1) is 0 Å². The highest BCUT2D eigenvalue weighted by atomic mass is 16.6. The summed E-state index contributed by atoms with van der Waals surface area (Å²) in [5.74, 6) is 1.42. The van der Waals surface area contributed by atoms with E-state index in [1.807, 2.05) is 78.9 Å². The zero-order valence-electron chi connectivity index (χ0n) is 17.8. The summed E-state index contributed by atoms with van der Waals surface area (Å²) in [6, 6.07) is 24.9. The number of likely N-dealkylation sites (tertiary alicyclic amines) is 1. The summed E-state index contributed by atoms with van der Waals surface area (Å²) in [6.07, 6.45) is 1.69. The van der Waals surface area contributed by atoms with E-state index in [1.54, 1.807) is 0 Å². The Balaban J connectivity index is 1.08. The maximum Gasteiger partial charge on any atom is 0.400 e. The van der Waals surface area contributed by atoms with E-state index in [0.717, 1.165) is 49.3 Å². The third kappa shape index (κ3) is 4.61. The van der Waals surface area contributed by atoms with Gasteiger partial charge >= 0.3 is 6.08 Å². The van der Waals surface area contributed by atoms with Gasteiger partial charge in [0.25, 0.3) is 0 Å². The molecule has 1 saturated heterocycles. The number of hydrogen-bond donors (Lipinski definition) is 1. The highest BCUT2D eigenvalue weighted by molar-refractivity contribution is 5.72. The van der Waals surface area contributed by atoms with Crippen molar-refractivity contribution in [1.29, 1.82) is 0 Å². The van der Waals surface area contributed by atoms with Crippen molar-refractivity contribution in [3.8, 4) is 17.6 Å². The molecule has 1 aliphatic heterocycles. The highest BCUT2D eigenvalue weighted by Gasteiger charge is 2.33. The van der Waals surface area contributed by atoms with Crippen LogP contribution >= 0.6 is 0 Å². The van der Waals surface area contributed by atoms with E-state index in [1.165, 1.54) is 0 Å². The molecule has 0 aliphatic carbocycles. The molecule has 2 heterocycles. The predicted octanol–water partition coefficient (Wildman–Crippen LogP) is 4.98. The molecular formula is C26H26N2O4. The van der Waals surface area contributed by atoms with Crippen molar-refractivity contribution < 1.29 is 19.0 Å². The Bertz CT molecular complexity index is 1120. The molecule has 4 aromatic rings. The summed E-state index contributed by atoms with van der Waals surface area (Å²) in [4.78, 5) is 6.65. The maximum absolute atomic E-state index is 11.0. The van der Waals surface area contributed by atoms with Crippen LogP contribution in [-0.4, -0.2) is 41.2 Å². The number of hydrogen-bond acceptors (Lipinski definition) is 6. The minimum atomic E-state index is -0.719. The molecule has 3 aromatic carbocycles. The van der Waals surface area contributed by atoms with Gasteiger partial charge in [-0.2, -0.15) is 4.98 Å². The van der Waals surface area contributed by atoms with E-state index in [0.29, 0.717) is 17.9 Å². The summed E-state index contributed by atoms with van der Waals surface area (Å²) < 4.78 is 17.2. The second-order valence-corrected chi connectivity index (χ2v) is 8.11. The molecule has 0 unspecified atom stereocenters. The molecule has 0 spiro atoms. The first-order valence-electron chi connectivity index (χ1n) is 10.9. The van der Waals surface area contributed by atoms with Gasteiger partial charge in [0.1, 0.15) is 23.6 Å². The van der Waals surface area contributed by atoms with Crippen LogP contribution in [0.25, 0.3) is 11.1 Å². The molecule has 0 amide bonds. The fraction of sp³-hybridized carbons (Fsp3) is 0.269. The monoisotopic (exact) mass is 430 g/mol. The van der Waals surface area contributed by atoms with E-state index in [9.17, 15) is 5.11 Å². The molecule has 5 rings (SSSR count). The van der Waals surface area contributed by atoms with E-state index < -0.39 is 5.60 Å². The SMILES string of the molecule is OC1(c2ccccc2)CCN(CCOc2ccc(Oc3nc4ccccc4o3)cc2)CC1. The van der Waals surface area contributed by atoms with Gasteiger partial charge in [-0.05, 0) is 54.8 Å². The summed E-state index contributed by atoms with van der Waals surface area (Å²) in [5.41, 5.74) is 1.75. The van der Waals surface area contributed by atoms with Crippen LogP contribution in [0.3, 0.4) is 0 Å². The summed E-state index contributed by atoms with van der Waals surface area (Å²) in [6.45, 7) is 3.12. The van der Waals surface area contributed by atoms with E-state index >= 15 is 0 Å². The smallest absolute Gasteiger partial charge is 0.400 e. The molecule has 0 atom stereocenters. The van der Waals surface area contributed by atoms with Crippen LogP contribution in [0.4, 0.5) is 0 Å². The molecular weight excluding hydrogens is 404 g/mol. The summed E-state index contributed by atoms with van der Waals surface area (Å²) in [7, 11) is 0. The van der Waals surface area contributed by atoms with Crippen molar-refractivity contribution in [2.45, 2.75) is 18.4 Å². The number of aromatic nitrogens is 1. The lowest BCUT2D eigenvalue weighted by atomic mass is 9.84. The Morgan fingerprint density at radius 2 is 1.56 bits per heavy atom. The Morgan fingerprint density at radius 3 is 2.31 bits per heavy atom. The number of para-hydroxylation sites is 2. The first kappa shape index (κ1) is 20.5. The number of piperidine rings is 1. The Hall–Kier alpha value is -3.35. The molecule has 1 aromatic heterocycles. The number of ether oxygens (including phenoxy) is 2. The second-order valence-electron chi connectivity index (χ2n) is 8.11. The van der Waals surface area contributed by atoms with Gasteiger partial charge in [0, 0.05) is 19.6 Å². The van der Waals surface area contributed by atoms with Crippen LogP contribution in [0.5, 0.6) is 17.6 Å². The number of oxazole rings is 1. The number of nitrogens with zero attached hydrogens (tertiary/aromatic N) is 2. The van der Waals surface area contributed by atoms with Crippen LogP contribution in [-0.2, 0) is 5.60 Å². The zero-order chi connectivity index (χ0) is 21.8. The van der Waals surface area contributed by atoms with Gasteiger partial charge in [-0.1, -0.05) is 42.5 Å². The van der Waals surface area contributed by atoms with Crippen LogP contribution in [0, 0.1) is 0 Å². The number of fused-ring (bicyclic) bond motifs is 1. The van der Waals surface area contributed by atoms with Crippen molar-refractivity contribution in [3.05, 3.63) is 84.4 Å². The first-order valence-corrected chi connectivity index (χ1v) is 10.9.